The number of sulfonamides is 1. The molecule has 8 heteroatoms. The van der Waals surface area contributed by atoms with Gasteiger partial charge in [0.2, 0.25) is 0 Å². The van der Waals surface area contributed by atoms with Crippen LogP contribution in [0.5, 0.6) is 5.75 Å². The third-order valence-corrected chi connectivity index (χ3v) is 7.16. The van der Waals surface area contributed by atoms with Gasteiger partial charge in [-0.3, -0.25) is 9.40 Å². The number of H-pyrrole nitrogens is 1. The number of aromatic amines is 1. The van der Waals surface area contributed by atoms with Crippen LogP contribution >= 0.6 is 11.3 Å². The molecule has 0 unspecified atom stereocenters. The van der Waals surface area contributed by atoms with Gasteiger partial charge in [0.25, 0.3) is 10.0 Å². The zero-order valence-corrected chi connectivity index (χ0v) is 14.5. The summed E-state index contributed by atoms with van der Waals surface area (Å²) in [6.07, 6.45) is 0. The normalized spacial score (nSPS) is 14.3. The maximum absolute atomic E-state index is 13.1. The quantitative estimate of drug-likeness (QED) is 0.778. The van der Waals surface area contributed by atoms with Gasteiger partial charge >= 0.3 is 0 Å². The summed E-state index contributed by atoms with van der Waals surface area (Å²) in [7, 11) is -3.62. The highest BCUT2D eigenvalue weighted by Crippen LogP contribution is 2.38. The third-order valence-electron chi connectivity index (χ3n) is 3.77. The minimum Gasteiger partial charge on any atom is -0.489 e. The lowest BCUT2D eigenvalue weighted by Gasteiger charge is -2.29. The van der Waals surface area contributed by atoms with Gasteiger partial charge in [-0.25, -0.2) is 8.42 Å². The summed E-state index contributed by atoms with van der Waals surface area (Å²) in [5.41, 5.74) is 2.26. The van der Waals surface area contributed by atoms with E-state index in [4.69, 9.17) is 4.74 Å². The van der Waals surface area contributed by atoms with Crippen LogP contribution in [-0.4, -0.2) is 31.8 Å². The Balaban J connectivity index is 1.73. The van der Waals surface area contributed by atoms with Crippen molar-refractivity contribution in [2.45, 2.75) is 11.1 Å². The summed E-state index contributed by atoms with van der Waals surface area (Å²) in [4.78, 5) is 0.819. The van der Waals surface area contributed by atoms with Crippen LogP contribution in [0.2, 0.25) is 0 Å². The first-order valence-corrected chi connectivity index (χ1v) is 9.68. The smallest absolute Gasteiger partial charge is 0.274 e. The standard InChI is InChI=1S/C16H15N3O3S2/c1-11-10-12(18-17-11)15-6-7-16(23-15)24(20,21)19-8-9-22-14-5-3-2-4-13(14)19/h2-7,10H,8-9H2,1H3,(H,17,18). The summed E-state index contributed by atoms with van der Waals surface area (Å²) in [5, 5.41) is 7.06. The van der Waals surface area contributed by atoms with Crippen LogP contribution in [0.3, 0.4) is 0 Å². The Hall–Kier alpha value is -2.32. The van der Waals surface area contributed by atoms with Crippen LogP contribution in [0.25, 0.3) is 10.6 Å². The molecule has 0 radical (unpaired) electrons. The fraction of sp³-hybridized carbons (Fsp3) is 0.188. The highest BCUT2D eigenvalue weighted by Gasteiger charge is 2.31. The molecule has 0 saturated heterocycles. The molecule has 124 valence electrons. The Kier molecular flexibility index (Phi) is 3.58. The predicted octanol–water partition coefficient (Wildman–Crippen LogP) is 3.03. The van der Waals surface area contributed by atoms with Gasteiger partial charge in [-0.15, -0.1) is 11.3 Å². The van der Waals surface area contributed by atoms with Crippen molar-refractivity contribution >= 4 is 27.0 Å². The van der Waals surface area contributed by atoms with Gasteiger partial charge in [0.15, 0.2) is 0 Å². The first kappa shape index (κ1) is 15.2. The number of rotatable bonds is 3. The molecule has 3 aromatic rings. The predicted molar refractivity (Wildman–Crippen MR) is 93.1 cm³/mol. The number of aromatic nitrogens is 2. The minimum absolute atomic E-state index is 0.300. The fourth-order valence-electron chi connectivity index (χ4n) is 2.64. The van der Waals surface area contributed by atoms with Crippen LogP contribution in [0.15, 0.2) is 46.7 Å². The van der Waals surface area contributed by atoms with Gasteiger partial charge in [0.05, 0.1) is 17.1 Å². The van der Waals surface area contributed by atoms with E-state index in [0.717, 1.165) is 16.3 Å². The third kappa shape index (κ3) is 2.47. The number of hydrogen-bond donors (Lipinski definition) is 1. The molecule has 1 aromatic carbocycles. The zero-order chi connectivity index (χ0) is 16.7. The second-order valence-corrected chi connectivity index (χ2v) is 8.62. The van der Waals surface area contributed by atoms with Crippen molar-refractivity contribution < 1.29 is 13.2 Å². The topological polar surface area (TPSA) is 75.3 Å². The second kappa shape index (κ2) is 5.64. The molecular weight excluding hydrogens is 346 g/mol. The van der Waals surface area contributed by atoms with Gasteiger partial charge in [0.1, 0.15) is 22.3 Å². The molecule has 3 heterocycles. The molecule has 2 aromatic heterocycles. The lowest BCUT2D eigenvalue weighted by atomic mass is 10.2. The van der Waals surface area contributed by atoms with Crippen molar-refractivity contribution in [3.8, 4) is 16.3 Å². The Morgan fingerprint density at radius 2 is 2.08 bits per heavy atom. The van der Waals surface area contributed by atoms with Crippen LogP contribution in [0.4, 0.5) is 5.69 Å². The molecule has 0 amide bonds. The van der Waals surface area contributed by atoms with Crippen molar-refractivity contribution in [3.63, 3.8) is 0 Å². The first-order valence-electron chi connectivity index (χ1n) is 7.42. The molecule has 0 spiro atoms. The second-order valence-electron chi connectivity index (χ2n) is 5.45. The van der Waals surface area contributed by atoms with E-state index in [2.05, 4.69) is 10.2 Å². The van der Waals surface area contributed by atoms with E-state index in [1.54, 1.807) is 24.3 Å². The van der Waals surface area contributed by atoms with E-state index < -0.39 is 10.0 Å². The van der Waals surface area contributed by atoms with Gasteiger partial charge < -0.3 is 4.74 Å². The molecule has 0 fully saturated rings. The lowest BCUT2D eigenvalue weighted by molar-refractivity contribution is 0.316. The van der Waals surface area contributed by atoms with E-state index in [0.29, 0.717) is 28.8 Å². The number of benzene rings is 1. The number of ether oxygens (including phenoxy) is 1. The highest BCUT2D eigenvalue weighted by molar-refractivity contribution is 7.94. The summed E-state index contributed by atoms with van der Waals surface area (Å²) in [6.45, 7) is 2.55. The van der Waals surface area contributed by atoms with Crippen LogP contribution in [-0.2, 0) is 10.0 Å². The van der Waals surface area contributed by atoms with Crippen molar-refractivity contribution in [3.05, 3.63) is 48.2 Å². The van der Waals surface area contributed by atoms with E-state index in [1.807, 2.05) is 25.1 Å². The van der Waals surface area contributed by atoms with Crippen molar-refractivity contribution in [1.29, 1.82) is 0 Å². The molecule has 0 saturated carbocycles. The number of thiophene rings is 1. The SMILES string of the molecule is Cc1cc(-c2ccc(S(=O)(=O)N3CCOc4ccccc43)s2)n[nH]1. The average Bonchev–Trinajstić information content (AvgIpc) is 3.23. The number of hydrogen-bond acceptors (Lipinski definition) is 5. The van der Waals surface area contributed by atoms with Crippen LogP contribution < -0.4 is 9.04 Å². The lowest BCUT2D eigenvalue weighted by Crippen LogP contribution is -2.37. The van der Waals surface area contributed by atoms with E-state index in [-0.39, 0.29) is 0 Å². The molecule has 0 bridgehead atoms. The molecule has 6 nitrogen and oxygen atoms in total. The Bertz CT molecular complexity index is 991. The molecule has 1 aliphatic heterocycles. The minimum atomic E-state index is -3.62. The Morgan fingerprint density at radius 1 is 1.25 bits per heavy atom. The summed E-state index contributed by atoms with van der Waals surface area (Å²) >= 11 is 1.22. The van der Waals surface area contributed by atoms with E-state index in [1.165, 1.54) is 15.6 Å². The molecule has 0 atom stereocenters. The fourth-order valence-corrected chi connectivity index (χ4v) is 5.48. The number of nitrogens with zero attached hydrogens (tertiary/aromatic N) is 2. The highest BCUT2D eigenvalue weighted by atomic mass is 32.2. The largest absolute Gasteiger partial charge is 0.489 e. The van der Waals surface area contributed by atoms with E-state index >= 15 is 0 Å². The number of anilines is 1. The Morgan fingerprint density at radius 3 is 2.88 bits per heavy atom. The summed E-state index contributed by atoms with van der Waals surface area (Å²) in [5.74, 6) is 0.590. The average molecular weight is 361 g/mol. The van der Waals surface area contributed by atoms with Crippen LogP contribution in [0.1, 0.15) is 5.69 Å². The summed E-state index contributed by atoms with van der Waals surface area (Å²) < 4.78 is 33.4. The van der Waals surface area contributed by atoms with Gasteiger partial charge in [-0.05, 0) is 37.3 Å². The number of aryl methyl sites for hydroxylation is 1. The molecule has 1 aliphatic rings. The van der Waals surface area contributed by atoms with Gasteiger partial charge in [-0.2, -0.15) is 5.10 Å². The molecule has 1 N–H and O–H groups in total. The molecule has 4 rings (SSSR count). The van der Waals surface area contributed by atoms with Crippen molar-refractivity contribution in [2.24, 2.45) is 0 Å². The first-order chi connectivity index (χ1) is 11.6. The van der Waals surface area contributed by atoms with Crippen molar-refractivity contribution in [1.82, 2.24) is 10.2 Å². The number of fused-ring (bicyclic) bond motifs is 1. The number of nitrogens with one attached hydrogen (secondary N) is 1. The zero-order valence-electron chi connectivity index (χ0n) is 12.9. The molecule has 24 heavy (non-hydrogen) atoms. The monoisotopic (exact) mass is 361 g/mol. The molecule has 0 aliphatic carbocycles. The maximum atomic E-state index is 13.1. The number of para-hydroxylation sites is 2. The van der Waals surface area contributed by atoms with Gasteiger partial charge in [0, 0.05) is 5.69 Å². The van der Waals surface area contributed by atoms with Crippen molar-refractivity contribution in [2.75, 3.05) is 17.5 Å². The van der Waals surface area contributed by atoms with Crippen LogP contribution in [0, 0.1) is 6.92 Å². The maximum Gasteiger partial charge on any atom is 0.274 e. The van der Waals surface area contributed by atoms with Gasteiger partial charge in [-0.1, -0.05) is 12.1 Å². The molecular formula is C16H15N3O3S2. The Labute approximate surface area is 143 Å². The van der Waals surface area contributed by atoms with E-state index in [9.17, 15) is 8.42 Å². The summed E-state index contributed by atoms with van der Waals surface area (Å²) in [6, 6.07) is 12.5.